The van der Waals surface area contributed by atoms with E-state index in [-0.39, 0.29) is 6.04 Å². The Bertz CT molecular complexity index is 483. The van der Waals surface area contributed by atoms with Gasteiger partial charge in [0.05, 0.1) is 12.2 Å². The quantitative estimate of drug-likeness (QED) is 0.843. The number of nitrogens with zero attached hydrogens (tertiary/aromatic N) is 3. The fourth-order valence-electron chi connectivity index (χ4n) is 2.16. The molecule has 2 aromatic rings. The first-order chi connectivity index (χ1) is 8.09. The van der Waals surface area contributed by atoms with Crippen LogP contribution in [-0.2, 0) is 13.6 Å². The summed E-state index contributed by atoms with van der Waals surface area (Å²) in [6.45, 7) is 7.04. The minimum atomic E-state index is 0.272. The van der Waals surface area contributed by atoms with E-state index in [4.69, 9.17) is 0 Å². The zero-order valence-electron chi connectivity index (χ0n) is 10.8. The van der Waals surface area contributed by atoms with Crippen molar-refractivity contribution in [3.8, 4) is 0 Å². The second-order valence-corrected chi connectivity index (χ2v) is 4.35. The number of hydrogen-bond acceptors (Lipinski definition) is 3. The monoisotopic (exact) mass is 233 g/mol. The van der Waals surface area contributed by atoms with Gasteiger partial charge in [0.15, 0.2) is 0 Å². The van der Waals surface area contributed by atoms with Crippen molar-refractivity contribution < 1.29 is 0 Å². The van der Waals surface area contributed by atoms with E-state index in [1.54, 1.807) is 6.20 Å². The number of hydrogen-bond donors (Lipinski definition) is 2. The van der Waals surface area contributed by atoms with Gasteiger partial charge >= 0.3 is 0 Å². The Morgan fingerprint density at radius 3 is 2.76 bits per heavy atom. The molecule has 0 radical (unpaired) electrons. The molecule has 0 spiro atoms. The highest BCUT2D eigenvalue weighted by Gasteiger charge is 2.15. The topological polar surface area (TPSA) is 58.5 Å². The van der Waals surface area contributed by atoms with Gasteiger partial charge in [-0.1, -0.05) is 0 Å². The molecule has 0 fully saturated rings. The van der Waals surface area contributed by atoms with Crippen LogP contribution in [-0.4, -0.2) is 19.7 Å². The van der Waals surface area contributed by atoms with Gasteiger partial charge in [0.25, 0.3) is 0 Å². The molecular formula is C12H19N5. The molecule has 0 bridgehead atoms. The van der Waals surface area contributed by atoms with E-state index in [1.165, 1.54) is 11.3 Å². The fourth-order valence-corrected chi connectivity index (χ4v) is 2.16. The van der Waals surface area contributed by atoms with Crippen LogP contribution in [0.4, 0.5) is 0 Å². The molecule has 0 aromatic carbocycles. The van der Waals surface area contributed by atoms with Crippen molar-refractivity contribution in [2.24, 2.45) is 7.05 Å². The molecule has 2 heterocycles. The molecule has 92 valence electrons. The van der Waals surface area contributed by atoms with Crippen molar-refractivity contribution in [1.29, 1.82) is 0 Å². The molecule has 2 rings (SSSR count). The van der Waals surface area contributed by atoms with E-state index >= 15 is 0 Å². The second-order valence-electron chi connectivity index (χ2n) is 4.35. The van der Waals surface area contributed by atoms with Crippen molar-refractivity contribution in [3.63, 3.8) is 0 Å². The third kappa shape index (κ3) is 2.39. The molecule has 0 aliphatic carbocycles. The Morgan fingerprint density at radius 2 is 2.24 bits per heavy atom. The molecule has 5 heteroatoms. The molecule has 0 saturated carbocycles. The lowest BCUT2D eigenvalue weighted by Gasteiger charge is -2.13. The van der Waals surface area contributed by atoms with Crippen molar-refractivity contribution in [1.82, 2.24) is 25.1 Å². The van der Waals surface area contributed by atoms with Gasteiger partial charge < -0.3 is 10.3 Å². The molecular weight excluding hydrogens is 214 g/mol. The maximum Gasteiger partial charge on any atom is 0.120 e. The van der Waals surface area contributed by atoms with E-state index in [0.29, 0.717) is 0 Å². The van der Waals surface area contributed by atoms with Crippen molar-refractivity contribution >= 4 is 0 Å². The summed E-state index contributed by atoms with van der Waals surface area (Å²) in [7, 11) is 1.98. The standard InChI is InChI=1S/C12H19N5/c1-8(15-7-11-13-5-6-14-11)12-9(2)16-17(4)10(12)3/h5-6,8,15H,7H2,1-4H3,(H,13,14). The number of imidazole rings is 1. The van der Waals surface area contributed by atoms with Gasteiger partial charge in [0.2, 0.25) is 0 Å². The van der Waals surface area contributed by atoms with Crippen LogP contribution in [0.15, 0.2) is 12.4 Å². The lowest BCUT2D eigenvalue weighted by atomic mass is 10.1. The van der Waals surface area contributed by atoms with Crippen molar-refractivity contribution in [2.75, 3.05) is 0 Å². The van der Waals surface area contributed by atoms with Crippen LogP contribution in [0.1, 0.15) is 35.7 Å². The predicted octanol–water partition coefficient (Wildman–Crippen LogP) is 1.61. The molecule has 2 N–H and O–H groups in total. The average Bonchev–Trinajstić information content (AvgIpc) is 2.86. The first-order valence-electron chi connectivity index (χ1n) is 5.81. The summed E-state index contributed by atoms with van der Waals surface area (Å²) in [5.74, 6) is 0.955. The maximum atomic E-state index is 4.43. The highest BCUT2D eigenvalue weighted by molar-refractivity contribution is 5.27. The first kappa shape index (κ1) is 11.9. The number of aryl methyl sites for hydroxylation is 2. The Hall–Kier alpha value is -1.62. The molecule has 5 nitrogen and oxygen atoms in total. The van der Waals surface area contributed by atoms with Crippen molar-refractivity contribution in [2.45, 2.75) is 33.4 Å². The molecule has 0 aliphatic rings. The fraction of sp³-hybridized carbons (Fsp3) is 0.500. The average molecular weight is 233 g/mol. The molecule has 0 aliphatic heterocycles. The smallest absolute Gasteiger partial charge is 0.120 e. The van der Waals surface area contributed by atoms with Crippen LogP contribution in [0.25, 0.3) is 0 Å². The highest BCUT2D eigenvalue weighted by Crippen LogP contribution is 2.20. The Kier molecular flexibility index (Phi) is 3.28. The van der Waals surface area contributed by atoms with Gasteiger partial charge in [0, 0.05) is 36.7 Å². The molecule has 2 aromatic heterocycles. The molecule has 1 atom stereocenters. The lowest BCUT2D eigenvalue weighted by molar-refractivity contribution is 0.556. The highest BCUT2D eigenvalue weighted by atomic mass is 15.3. The van der Waals surface area contributed by atoms with Gasteiger partial charge in [-0.05, 0) is 20.8 Å². The van der Waals surface area contributed by atoms with Gasteiger partial charge in [0.1, 0.15) is 5.82 Å². The number of aromatic amines is 1. The van der Waals surface area contributed by atoms with Crippen LogP contribution in [0, 0.1) is 13.8 Å². The normalized spacial score (nSPS) is 12.9. The summed E-state index contributed by atoms with van der Waals surface area (Å²) in [6, 6.07) is 0.272. The van der Waals surface area contributed by atoms with Crippen LogP contribution >= 0.6 is 0 Å². The third-order valence-electron chi connectivity index (χ3n) is 3.13. The molecule has 17 heavy (non-hydrogen) atoms. The third-order valence-corrected chi connectivity index (χ3v) is 3.13. The van der Waals surface area contributed by atoms with Crippen LogP contribution in [0.2, 0.25) is 0 Å². The first-order valence-corrected chi connectivity index (χ1v) is 5.81. The maximum absolute atomic E-state index is 4.43. The number of nitrogens with one attached hydrogen (secondary N) is 2. The minimum absolute atomic E-state index is 0.272. The SMILES string of the molecule is Cc1nn(C)c(C)c1C(C)NCc1ncc[nH]1. The van der Waals surface area contributed by atoms with E-state index < -0.39 is 0 Å². The van der Waals surface area contributed by atoms with E-state index in [9.17, 15) is 0 Å². The van der Waals surface area contributed by atoms with E-state index in [2.05, 4.69) is 34.2 Å². The summed E-state index contributed by atoms with van der Waals surface area (Å²) in [5, 5.41) is 7.88. The Labute approximate surface area is 101 Å². The second kappa shape index (κ2) is 4.71. The summed E-state index contributed by atoms with van der Waals surface area (Å²) in [5.41, 5.74) is 3.57. The number of H-pyrrole nitrogens is 1. The predicted molar refractivity (Wildman–Crippen MR) is 66.5 cm³/mol. The zero-order chi connectivity index (χ0) is 12.4. The van der Waals surface area contributed by atoms with E-state index in [0.717, 1.165) is 18.1 Å². The van der Waals surface area contributed by atoms with Gasteiger partial charge in [-0.2, -0.15) is 5.10 Å². The largest absolute Gasteiger partial charge is 0.348 e. The summed E-state index contributed by atoms with van der Waals surface area (Å²) < 4.78 is 1.93. The van der Waals surface area contributed by atoms with Gasteiger partial charge in [-0.15, -0.1) is 0 Å². The Morgan fingerprint density at radius 1 is 1.47 bits per heavy atom. The molecule has 0 amide bonds. The Balaban J connectivity index is 2.07. The lowest BCUT2D eigenvalue weighted by Crippen LogP contribution is -2.20. The van der Waals surface area contributed by atoms with Crippen LogP contribution in [0.3, 0.4) is 0 Å². The molecule has 1 unspecified atom stereocenters. The summed E-state index contributed by atoms with van der Waals surface area (Å²) in [4.78, 5) is 7.28. The van der Waals surface area contributed by atoms with Crippen LogP contribution in [0.5, 0.6) is 0 Å². The zero-order valence-corrected chi connectivity index (χ0v) is 10.8. The minimum Gasteiger partial charge on any atom is -0.348 e. The van der Waals surface area contributed by atoms with E-state index in [1.807, 2.05) is 24.9 Å². The molecule has 0 saturated heterocycles. The van der Waals surface area contributed by atoms with Crippen molar-refractivity contribution in [3.05, 3.63) is 35.2 Å². The van der Waals surface area contributed by atoms with Gasteiger partial charge in [-0.3, -0.25) is 4.68 Å². The summed E-state index contributed by atoms with van der Waals surface area (Å²) >= 11 is 0. The number of aromatic nitrogens is 4. The van der Waals surface area contributed by atoms with Crippen LogP contribution < -0.4 is 5.32 Å². The van der Waals surface area contributed by atoms with Gasteiger partial charge in [-0.25, -0.2) is 4.98 Å². The number of rotatable bonds is 4. The summed E-state index contributed by atoms with van der Waals surface area (Å²) in [6.07, 6.45) is 3.60.